The summed E-state index contributed by atoms with van der Waals surface area (Å²) >= 11 is 5.84. The molecular weight excluding hydrogens is 306 g/mol. The molecule has 6 nitrogen and oxygen atoms in total. The fraction of sp³-hybridized carbons (Fsp3) is 0.600. The van der Waals surface area contributed by atoms with Crippen LogP contribution in [0.25, 0.3) is 0 Å². The molecule has 1 heterocycles. The molecule has 0 amide bonds. The number of anilines is 1. The van der Waals surface area contributed by atoms with Crippen LogP contribution in [0.2, 0.25) is 5.02 Å². The van der Waals surface area contributed by atoms with Crippen molar-refractivity contribution in [1.29, 1.82) is 0 Å². The third-order valence-corrected chi connectivity index (χ3v) is 4.18. The van der Waals surface area contributed by atoms with Gasteiger partial charge in [0, 0.05) is 36.8 Å². The summed E-state index contributed by atoms with van der Waals surface area (Å²) in [5, 5.41) is 14.7. The molecule has 2 rings (SSSR count). The van der Waals surface area contributed by atoms with Gasteiger partial charge in [-0.1, -0.05) is 25.4 Å². The fourth-order valence-corrected chi connectivity index (χ4v) is 2.88. The van der Waals surface area contributed by atoms with Crippen LogP contribution >= 0.6 is 11.6 Å². The van der Waals surface area contributed by atoms with Crippen LogP contribution in [-0.2, 0) is 4.74 Å². The summed E-state index contributed by atoms with van der Waals surface area (Å²) in [6, 6.07) is 5.01. The molecule has 1 unspecified atom stereocenters. The molecule has 22 heavy (non-hydrogen) atoms. The summed E-state index contributed by atoms with van der Waals surface area (Å²) in [4.78, 5) is 13.1. The zero-order chi connectivity index (χ0) is 16.1. The number of hydrogen-bond donors (Lipinski definition) is 1. The maximum Gasteiger partial charge on any atom is 0.293 e. The Hall–Kier alpha value is -1.37. The lowest BCUT2D eigenvalue weighted by Gasteiger charge is -2.37. The number of nitrogens with zero attached hydrogens (tertiary/aromatic N) is 2. The van der Waals surface area contributed by atoms with Crippen molar-refractivity contribution < 1.29 is 9.66 Å². The molecule has 1 atom stereocenters. The second-order valence-electron chi connectivity index (χ2n) is 5.76. The minimum absolute atomic E-state index is 0.0111. The predicted octanol–water partition coefficient (Wildman–Crippen LogP) is 3.02. The number of morpholine rings is 1. The molecular formula is C15H22ClN3O3. The van der Waals surface area contributed by atoms with Gasteiger partial charge in [-0.15, -0.1) is 0 Å². The Labute approximate surface area is 135 Å². The first-order valence-corrected chi connectivity index (χ1v) is 7.86. The molecule has 1 fully saturated rings. The van der Waals surface area contributed by atoms with E-state index in [1.54, 1.807) is 12.1 Å². The summed E-state index contributed by atoms with van der Waals surface area (Å²) in [6.45, 7) is 8.26. The smallest absolute Gasteiger partial charge is 0.293 e. The van der Waals surface area contributed by atoms with Gasteiger partial charge in [0.2, 0.25) is 0 Å². The maximum atomic E-state index is 11.1. The number of rotatable bonds is 6. The van der Waals surface area contributed by atoms with E-state index in [9.17, 15) is 10.1 Å². The molecule has 1 aliphatic heterocycles. The first-order valence-electron chi connectivity index (χ1n) is 7.48. The first kappa shape index (κ1) is 17.0. The molecule has 1 N–H and O–H groups in total. The molecule has 1 aromatic rings. The van der Waals surface area contributed by atoms with E-state index in [-0.39, 0.29) is 5.69 Å². The third kappa shape index (κ3) is 4.32. The second kappa shape index (κ2) is 7.76. The third-order valence-electron chi connectivity index (χ3n) is 3.94. The van der Waals surface area contributed by atoms with Crippen LogP contribution in [0, 0.1) is 16.0 Å². The number of hydrogen-bond acceptors (Lipinski definition) is 5. The van der Waals surface area contributed by atoms with Crippen molar-refractivity contribution in [2.75, 3.05) is 38.2 Å². The summed E-state index contributed by atoms with van der Waals surface area (Å²) in [7, 11) is 0. The Morgan fingerprint density at radius 3 is 2.68 bits per heavy atom. The average Bonchev–Trinajstić information content (AvgIpc) is 2.49. The fourth-order valence-electron chi connectivity index (χ4n) is 2.72. The highest BCUT2D eigenvalue weighted by Crippen LogP contribution is 2.28. The minimum atomic E-state index is -0.409. The molecule has 1 aliphatic rings. The Morgan fingerprint density at radius 2 is 2.09 bits per heavy atom. The number of benzene rings is 1. The minimum Gasteiger partial charge on any atom is -0.379 e. The van der Waals surface area contributed by atoms with Gasteiger partial charge in [-0.3, -0.25) is 15.0 Å². The lowest BCUT2D eigenvalue weighted by molar-refractivity contribution is -0.383. The van der Waals surface area contributed by atoms with Crippen LogP contribution in [0.3, 0.4) is 0 Å². The molecule has 0 bridgehead atoms. The summed E-state index contributed by atoms with van der Waals surface area (Å²) in [5.41, 5.74) is 0.519. The van der Waals surface area contributed by atoms with Gasteiger partial charge in [0.15, 0.2) is 0 Å². The van der Waals surface area contributed by atoms with E-state index in [2.05, 4.69) is 24.1 Å². The van der Waals surface area contributed by atoms with Gasteiger partial charge in [0.25, 0.3) is 5.69 Å². The van der Waals surface area contributed by atoms with E-state index < -0.39 is 4.92 Å². The molecule has 1 aromatic carbocycles. The Balaban J connectivity index is 2.07. The van der Waals surface area contributed by atoms with Crippen LogP contribution in [0.1, 0.15) is 13.8 Å². The van der Waals surface area contributed by atoms with Gasteiger partial charge in [-0.25, -0.2) is 0 Å². The van der Waals surface area contributed by atoms with Crippen LogP contribution in [0.4, 0.5) is 11.4 Å². The van der Waals surface area contributed by atoms with Crippen molar-refractivity contribution in [2.24, 2.45) is 5.92 Å². The normalized spacial score (nSPS) is 17.5. The van der Waals surface area contributed by atoms with E-state index in [1.165, 1.54) is 6.07 Å². The highest BCUT2D eigenvalue weighted by Gasteiger charge is 2.24. The number of ether oxygens (including phenoxy) is 1. The highest BCUT2D eigenvalue weighted by molar-refractivity contribution is 6.30. The van der Waals surface area contributed by atoms with Gasteiger partial charge < -0.3 is 10.1 Å². The van der Waals surface area contributed by atoms with Crippen molar-refractivity contribution in [2.45, 2.75) is 19.9 Å². The van der Waals surface area contributed by atoms with Crippen molar-refractivity contribution in [3.05, 3.63) is 33.3 Å². The Morgan fingerprint density at radius 1 is 1.41 bits per heavy atom. The van der Waals surface area contributed by atoms with Crippen molar-refractivity contribution >= 4 is 23.0 Å². The largest absolute Gasteiger partial charge is 0.379 e. The second-order valence-corrected chi connectivity index (χ2v) is 6.20. The van der Waals surface area contributed by atoms with Crippen molar-refractivity contribution in [3.63, 3.8) is 0 Å². The van der Waals surface area contributed by atoms with E-state index in [0.717, 1.165) is 26.3 Å². The lowest BCUT2D eigenvalue weighted by atomic mass is 10.0. The quantitative estimate of drug-likeness (QED) is 0.642. The van der Waals surface area contributed by atoms with Gasteiger partial charge in [-0.05, 0) is 18.1 Å². The van der Waals surface area contributed by atoms with Crippen molar-refractivity contribution in [1.82, 2.24) is 4.90 Å². The topological polar surface area (TPSA) is 67.6 Å². The summed E-state index contributed by atoms with van der Waals surface area (Å²) < 4.78 is 5.39. The van der Waals surface area contributed by atoms with Crippen LogP contribution in [-0.4, -0.2) is 48.7 Å². The SMILES string of the molecule is CC(C)C(CNc1ccc(Cl)cc1[N+](=O)[O-])N1CCOCC1. The molecule has 0 aromatic heterocycles. The molecule has 0 spiro atoms. The molecule has 122 valence electrons. The number of nitro groups is 1. The van der Waals surface area contributed by atoms with Crippen LogP contribution < -0.4 is 5.32 Å². The Bertz CT molecular complexity index is 519. The van der Waals surface area contributed by atoms with E-state index in [4.69, 9.17) is 16.3 Å². The summed E-state index contributed by atoms with van der Waals surface area (Å²) in [6.07, 6.45) is 0. The van der Waals surface area contributed by atoms with Crippen LogP contribution in [0.15, 0.2) is 18.2 Å². The molecule has 0 radical (unpaired) electrons. The van der Waals surface area contributed by atoms with Crippen LogP contribution in [0.5, 0.6) is 0 Å². The van der Waals surface area contributed by atoms with Gasteiger partial charge in [0.1, 0.15) is 5.69 Å². The van der Waals surface area contributed by atoms with E-state index in [0.29, 0.717) is 29.2 Å². The predicted molar refractivity (Wildman–Crippen MR) is 87.6 cm³/mol. The number of nitro benzene ring substituents is 1. The van der Waals surface area contributed by atoms with Crippen molar-refractivity contribution in [3.8, 4) is 0 Å². The molecule has 1 saturated heterocycles. The van der Waals surface area contributed by atoms with Gasteiger partial charge in [0.05, 0.1) is 18.1 Å². The standard InChI is InChI=1S/C15H22ClN3O3/c1-11(2)15(18-5-7-22-8-6-18)10-17-13-4-3-12(16)9-14(13)19(20)21/h3-4,9,11,15,17H,5-8,10H2,1-2H3. The van der Waals surface area contributed by atoms with Gasteiger partial charge >= 0.3 is 0 Å². The zero-order valence-corrected chi connectivity index (χ0v) is 13.7. The first-order chi connectivity index (χ1) is 10.5. The summed E-state index contributed by atoms with van der Waals surface area (Å²) in [5.74, 6) is 0.442. The van der Waals surface area contributed by atoms with Gasteiger partial charge in [-0.2, -0.15) is 0 Å². The number of nitrogens with one attached hydrogen (secondary N) is 1. The molecule has 0 aliphatic carbocycles. The lowest BCUT2D eigenvalue weighted by Crippen LogP contribution is -2.49. The monoisotopic (exact) mass is 327 g/mol. The zero-order valence-electron chi connectivity index (χ0n) is 12.9. The molecule has 0 saturated carbocycles. The van der Waals surface area contributed by atoms with E-state index >= 15 is 0 Å². The van der Waals surface area contributed by atoms with E-state index in [1.807, 2.05) is 0 Å². The maximum absolute atomic E-state index is 11.1. The average molecular weight is 328 g/mol. The molecule has 7 heteroatoms. The highest BCUT2D eigenvalue weighted by atomic mass is 35.5. The Kier molecular flexibility index (Phi) is 5.99. The number of halogens is 1.